The maximum absolute atomic E-state index is 12.5. The molecule has 6 rings (SSSR count). The molecule has 0 radical (unpaired) electrons. The summed E-state index contributed by atoms with van der Waals surface area (Å²) in [5.41, 5.74) is 0.717. The van der Waals surface area contributed by atoms with Crippen LogP contribution in [0.5, 0.6) is 17.2 Å². The Kier molecular flexibility index (Phi) is 12.7. The molecule has 0 spiro atoms. The third-order valence-corrected chi connectivity index (χ3v) is 9.17. The fourth-order valence-corrected chi connectivity index (χ4v) is 5.83. The zero-order valence-electron chi connectivity index (χ0n) is 29.6. The van der Waals surface area contributed by atoms with E-state index in [0.29, 0.717) is 22.5 Å². The van der Waals surface area contributed by atoms with Gasteiger partial charge in [-0.1, -0.05) is 42.9 Å². The van der Waals surface area contributed by atoms with Gasteiger partial charge in [0.15, 0.2) is 0 Å². The molecule has 1 aromatic heterocycles. The number of para-hydroxylation sites is 1. The maximum atomic E-state index is 12.5. The Morgan fingerprint density at radius 1 is 0.782 bits per heavy atom. The van der Waals surface area contributed by atoms with Gasteiger partial charge in [0, 0.05) is 35.4 Å². The summed E-state index contributed by atoms with van der Waals surface area (Å²) in [4.78, 5) is 23.3. The number of phenolic OH excluding ortho intramolecular Hbond substituents is 3. The Morgan fingerprint density at radius 3 is 1.89 bits per heavy atom. The van der Waals surface area contributed by atoms with Crippen molar-refractivity contribution in [1.29, 1.82) is 0 Å². The average Bonchev–Trinajstić information content (AvgIpc) is 3.39. The topological polar surface area (TPSA) is 294 Å². The molecule has 1 heterocycles. The van der Waals surface area contributed by atoms with Crippen molar-refractivity contribution in [3.8, 4) is 22.9 Å². The number of aryl methyl sites for hydroxylation is 1. The Hall–Kier alpha value is -6.21. The molecule has 0 atom stereocenters. The summed E-state index contributed by atoms with van der Waals surface area (Å²) in [7, 11) is -7.95. The Morgan fingerprint density at radius 2 is 1.33 bits per heavy atom. The number of carbonyl (C=O) groups excluding carboxylic acids is 1. The van der Waals surface area contributed by atoms with Crippen molar-refractivity contribution in [3.05, 3.63) is 113 Å². The molecule has 5 aromatic carbocycles. The number of benzene rings is 5. The molecule has 0 saturated carbocycles. The second kappa shape index (κ2) is 16.9. The van der Waals surface area contributed by atoms with Gasteiger partial charge in [0.1, 0.15) is 39.9 Å². The van der Waals surface area contributed by atoms with E-state index in [0.717, 1.165) is 41.8 Å². The van der Waals surface area contributed by atoms with E-state index in [4.69, 9.17) is 10.3 Å². The second-order valence-electron chi connectivity index (χ2n) is 11.3. The fourth-order valence-electron chi connectivity index (χ4n) is 4.76. The first-order chi connectivity index (χ1) is 25.4. The van der Waals surface area contributed by atoms with Crippen LogP contribution in [0.2, 0.25) is 0 Å². The van der Waals surface area contributed by atoms with Gasteiger partial charge in [-0.25, -0.2) is 36.9 Å². The van der Waals surface area contributed by atoms with E-state index >= 15 is 0 Å². The fraction of sp³-hybridized carbons (Fsp3) is 0.0588. The number of aromatic nitrogens is 2. The largest absolute Gasteiger partial charge is 1.00 e. The number of nitrogens with one attached hydrogen (secondary N) is 1. The van der Waals surface area contributed by atoms with Gasteiger partial charge < -0.3 is 30.5 Å². The van der Waals surface area contributed by atoms with Gasteiger partial charge >= 0.3 is 1.43 Å². The SMILES string of the molecule is CC(=O)Nc1ccc2ccc(O)c(N=Nc3cc(S(N)(=O)=O)ccc3O)c2c1.Cc1nn(-c2ccccc2)c(=O)[c-]1N=Nc1cc(S(N)(=O)=O)ccc1O.[Cr].[H+]. The molecule has 0 aliphatic carbocycles. The third-order valence-electron chi connectivity index (χ3n) is 7.35. The summed E-state index contributed by atoms with van der Waals surface area (Å²) < 4.78 is 46.9. The first kappa shape index (κ1) is 41.5. The van der Waals surface area contributed by atoms with Gasteiger partial charge in [-0.15, -0.1) is 15.9 Å². The predicted molar refractivity (Wildman–Crippen MR) is 199 cm³/mol. The van der Waals surface area contributed by atoms with Gasteiger partial charge in [-0.05, 0) is 72.1 Å². The minimum absolute atomic E-state index is 0. The Labute approximate surface area is 325 Å². The molecule has 55 heavy (non-hydrogen) atoms. The molecule has 1 amide bonds. The van der Waals surface area contributed by atoms with Gasteiger partial charge in [-0.3, -0.25) is 4.79 Å². The van der Waals surface area contributed by atoms with Crippen LogP contribution >= 0.6 is 0 Å². The molecule has 0 saturated heterocycles. The molecule has 0 aliphatic heterocycles. The van der Waals surface area contributed by atoms with E-state index in [1.165, 1.54) is 17.7 Å². The van der Waals surface area contributed by atoms with Crippen molar-refractivity contribution in [3.63, 3.8) is 0 Å². The number of nitrogens with zero attached hydrogens (tertiary/aromatic N) is 6. The minimum Gasteiger partial charge on any atom is -0.506 e. The summed E-state index contributed by atoms with van der Waals surface area (Å²) in [6, 6.07) is 23.6. The summed E-state index contributed by atoms with van der Waals surface area (Å²) in [5.74, 6) is -1.05. The van der Waals surface area contributed by atoms with E-state index in [2.05, 4.69) is 30.9 Å². The molecule has 8 N–H and O–H groups in total. The van der Waals surface area contributed by atoms with Crippen LogP contribution in [0.15, 0.2) is 132 Å². The molecule has 0 bridgehead atoms. The van der Waals surface area contributed by atoms with E-state index in [9.17, 15) is 41.7 Å². The maximum Gasteiger partial charge on any atom is 1.00 e. The number of primary sulfonamides is 2. The molecular formula is C34H31CrN9O9S2. The van der Waals surface area contributed by atoms with Crippen molar-refractivity contribution >= 4 is 65.2 Å². The minimum atomic E-state index is -3.99. The summed E-state index contributed by atoms with van der Waals surface area (Å²) in [5, 5.41) is 63.5. The summed E-state index contributed by atoms with van der Waals surface area (Å²) in [6.45, 7) is 2.96. The van der Waals surface area contributed by atoms with Crippen molar-refractivity contribution < 1.29 is 55.7 Å². The first-order valence-corrected chi connectivity index (χ1v) is 18.4. The van der Waals surface area contributed by atoms with Crippen molar-refractivity contribution in [1.82, 2.24) is 9.78 Å². The average molecular weight is 826 g/mol. The van der Waals surface area contributed by atoms with Crippen LogP contribution in [-0.2, 0) is 42.2 Å². The molecule has 6 aromatic rings. The third kappa shape index (κ3) is 10.1. The molecular weight excluding hydrogens is 795 g/mol. The summed E-state index contributed by atoms with van der Waals surface area (Å²) >= 11 is 0. The predicted octanol–water partition coefficient (Wildman–Crippen LogP) is 5.41. The van der Waals surface area contributed by atoms with Crippen LogP contribution < -0.4 is 21.2 Å². The molecule has 0 aliphatic rings. The van der Waals surface area contributed by atoms with Gasteiger partial charge in [0.05, 0.1) is 15.5 Å². The van der Waals surface area contributed by atoms with Crippen LogP contribution in [-0.4, -0.2) is 47.8 Å². The molecule has 0 unspecified atom stereocenters. The van der Waals surface area contributed by atoms with Crippen LogP contribution in [0, 0.1) is 6.92 Å². The number of rotatable bonds is 8. The Balaban J connectivity index is 0.000000291. The monoisotopic (exact) mass is 825 g/mol. The summed E-state index contributed by atoms with van der Waals surface area (Å²) in [6.07, 6.45) is 0. The first-order valence-electron chi connectivity index (χ1n) is 15.3. The van der Waals surface area contributed by atoms with Crippen LogP contribution in [0.1, 0.15) is 14.0 Å². The van der Waals surface area contributed by atoms with Gasteiger partial charge in [-0.2, -0.15) is 5.11 Å². The number of fused-ring (bicyclic) bond motifs is 1. The standard InChI is InChI=1S/C18H16N4O5S.C16H14N5O4S.Cr/c1-10(23)20-12-4-2-11-3-6-17(25)18(14(11)8-12)22-21-15-9-13(28(19,26)27)5-7-16(15)24;1-10-15(16(23)21(20-10)11-5-3-2-4-6-11)19-18-13-9-12(26(17,24)25)7-8-14(13)22;/h2-9,24-25H,1H3,(H,20,23)(H2,19,26,27);2-9,22H,1H3,(H2,17,24,25);/q;-1;/p+1. The molecule has 18 nitrogen and oxygen atoms in total. The van der Waals surface area contributed by atoms with Crippen molar-refractivity contribution in [2.45, 2.75) is 23.6 Å². The number of phenols is 3. The second-order valence-corrected chi connectivity index (χ2v) is 14.5. The van der Waals surface area contributed by atoms with Crippen LogP contribution in [0.25, 0.3) is 16.5 Å². The molecule has 21 heteroatoms. The molecule has 284 valence electrons. The molecule has 0 fully saturated rings. The van der Waals surface area contributed by atoms with E-state index in [1.54, 1.807) is 55.5 Å². The number of carbonyl (C=O) groups is 1. The number of nitrogens with two attached hydrogens (primary N) is 2. The van der Waals surface area contributed by atoms with Gasteiger partial charge in [0.2, 0.25) is 26.0 Å². The number of aromatic hydroxyl groups is 3. The number of amides is 1. The number of anilines is 1. The van der Waals surface area contributed by atoms with Gasteiger partial charge in [0.25, 0.3) is 0 Å². The smallest absolute Gasteiger partial charge is 0.506 e. The van der Waals surface area contributed by atoms with Crippen molar-refractivity contribution in [2.24, 2.45) is 30.7 Å². The number of hydrogen-bond donors (Lipinski definition) is 6. The van der Waals surface area contributed by atoms with Crippen molar-refractivity contribution in [2.75, 3.05) is 5.32 Å². The number of hydrogen-bond acceptors (Lipinski definition) is 14. The van der Waals surface area contributed by atoms with E-state index in [1.807, 2.05) is 6.07 Å². The number of sulfonamides is 2. The van der Waals surface area contributed by atoms with Crippen LogP contribution in [0.4, 0.5) is 28.4 Å². The normalized spacial score (nSPS) is 11.6. The van der Waals surface area contributed by atoms with E-state index in [-0.39, 0.29) is 74.5 Å². The van der Waals surface area contributed by atoms with Crippen LogP contribution in [0.3, 0.4) is 0 Å². The zero-order chi connectivity index (χ0) is 39.4. The quantitative estimate of drug-likeness (QED) is 0.0837. The van der Waals surface area contributed by atoms with E-state index < -0.39 is 25.6 Å². The number of azo groups is 2. The zero-order valence-corrected chi connectivity index (χ0v) is 31.5. The Bertz CT molecular complexity index is 2760.